The first-order valence-electron chi connectivity index (χ1n) is 5.35. The van der Waals surface area contributed by atoms with Gasteiger partial charge in [0.05, 0.1) is 12.1 Å². The molecule has 0 radical (unpaired) electrons. The number of hydrogen-bond donors (Lipinski definition) is 1. The van der Waals surface area contributed by atoms with Crippen LogP contribution in [-0.4, -0.2) is 59.6 Å². The summed E-state index contributed by atoms with van der Waals surface area (Å²) in [5, 5.41) is 9.42. The first-order valence-corrected chi connectivity index (χ1v) is 5.35. The van der Waals surface area contributed by atoms with Crippen LogP contribution in [0.1, 0.15) is 19.3 Å². The lowest BCUT2D eigenvalue weighted by molar-refractivity contribution is -0.138. The highest BCUT2D eigenvalue weighted by Crippen LogP contribution is 2.20. The van der Waals surface area contributed by atoms with Crippen molar-refractivity contribution in [2.75, 3.05) is 26.7 Å². The zero-order valence-corrected chi connectivity index (χ0v) is 8.65. The lowest BCUT2D eigenvalue weighted by Crippen LogP contribution is -2.50. The molecule has 0 saturated carbocycles. The highest BCUT2D eigenvalue weighted by Gasteiger charge is 2.34. The lowest BCUT2D eigenvalue weighted by atomic mass is 10.0. The van der Waals surface area contributed by atoms with Crippen LogP contribution in [0.15, 0.2) is 0 Å². The minimum atomic E-state index is -0.227. The third-order valence-corrected chi connectivity index (χ3v) is 3.27. The second kappa shape index (κ2) is 3.87. The van der Waals surface area contributed by atoms with Gasteiger partial charge in [-0.2, -0.15) is 0 Å². The number of likely N-dealkylation sites (tertiary alicyclic amines) is 2. The van der Waals surface area contributed by atoms with Crippen molar-refractivity contribution in [3.05, 3.63) is 0 Å². The van der Waals surface area contributed by atoms with Crippen molar-refractivity contribution in [3.8, 4) is 0 Å². The molecule has 2 rings (SSSR count). The molecule has 0 bridgehead atoms. The zero-order chi connectivity index (χ0) is 10.1. The molecule has 2 aliphatic rings. The van der Waals surface area contributed by atoms with Crippen LogP contribution in [0.25, 0.3) is 0 Å². The molecule has 2 fully saturated rings. The molecule has 0 spiro atoms. The van der Waals surface area contributed by atoms with E-state index in [2.05, 4.69) is 4.90 Å². The number of likely N-dealkylation sites (N-methyl/N-ethyl adjacent to an activating group) is 1. The number of β-amino-alcohol motifs (C(OH)–C–C–N with tert-alkyl or cyclic N) is 1. The molecule has 80 valence electrons. The molecule has 2 unspecified atom stereocenters. The van der Waals surface area contributed by atoms with Crippen LogP contribution in [0.5, 0.6) is 0 Å². The average Bonchev–Trinajstić information content (AvgIpc) is 2.57. The fourth-order valence-corrected chi connectivity index (χ4v) is 2.40. The molecule has 2 heterocycles. The van der Waals surface area contributed by atoms with Gasteiger partial charge >= 0.3 is 0 Å². The van der Waals surface area contributed by atoms with E-state index in [1.165, 1.54) is 0 Å². The molecule has 4 nitrogen and oxygen atoms in total. The van der Waals surface area contributed by atoms with E-state index in [1.807, 2.05) is 7.05 Å². The summed E-state index contributed by atoms with van der Waals surface area (Å²) in [7, 11) is 1.86. The van der Waals surface area contributed by atoms with Gasteiger partial charge in [0.15, 0.2) is 0 Å². The number of carbonyl (C=O) groups excluding carboxylic acids is 1. The number of amides is 1. The van der Waals surface area contributed by atoms with Crippen LogP contribution >= 0.6 is 0 Å². The smallest absolute Gasteiger partial charge is 0.239 e. The van der Waals surface area contributed by atoms with E-state index in [-0.39, 0.29) is 18.1 Å². The molecule has 4 heteroatoms. The van der Waals surface area contributed by atoms with Crippen LogP contribution in [-0.2, 0) is 4.79 Å². The molecule has 0 aliphatic carbocycles. The fourth-order valence-electron chi connectivity index (χ4n) is 2.40. The first kappa shape index (κ1) is 9.93. The van der Waals surface area contributed by atoms with E-state index in [4.69, 9.17) is 0 Å². The number of piperidine rings is 1. The topological polar surface area (TPSA) is 43.8 Å². The monoisotopic (exact) mass is 198 g/mol. The molecular weight excluding hydrogens is 180 g/mol. The van der Waals surface area contributed by atoms with E-state index in [0.29, 0.717) is 6.54 Å². The van der Waals surface area contributed by atoms with E-state index in [0.717, 1.165) is 32.4 Å². The number of rotatable bonds is 1. The summed E-state index contributed by atoms with van der Waals surface area (Å²) in [6.45, 7) is 2.42. The van der Waals surface area contributed by atoms with Gasteiger partial charge in [0.1, 0.15) is 0 Å². The number of carbonyl (C=O) groups is 1. The molecule has 0 aromatic rings. The fraction of sp³-hybridized carbons (Fsp3) is 0.900. The number of nitrogens with zero attached hydrogens (tertiary/aromatic N) is 2. The Balaban J connectivity index is 1.99. The van der Waals surface area contributed by atoms with Crippen LogP contribution in [0.2, 0.25) is 0 Å². The largest absolute Gasteiger partial charge is 0.392 e. The second-order valence-electron chi connectivity index (χ2n) is 4.36. The Morgan fingerprint density at radius 1 is 1.36 bits per heavy atom. The molecule has 2 aliphatic heterocycles. The quantitative estimate of drug-likeness (QED) is 0.627. The van der Waals surface area contributed by atoms with Crippen LogP contribution in [0.3, 0.4) is 0 Å². The minimum absolute atomic E-state index is 0.0332. The Morgan fingerprint density at radius 2 is 2.14 bits per heavy atom. The van der Waals surface area contributed by atoms with Crippen molar-refractivity contribution in [2.24, 2.45) is 0 Å². The average molecular weight is 198 g/mol. The maximum atomic E-state index is 11.8. The minimum Gasteiger partial charge on any atom is -0.392 e. The van der Waals surface area contributed by atoms with Crippen molar-refractivity contribution < 1.29 is 9.90 Å². The third kappa shape index (κ3) is 1.77. The number of aliphatic hydroxyl groups is 1. The van der Waals surface area contributed by atoms with Crippen molar-refractivity contribution >= 4 is 5.91 Å². The van der Waals surface area contributed by atoms with Gasteiger partial charge in [-0.15, -0.1) is 0 Å². The SMILES string of the molecule is CN1CCCC(N2CCC(O)C2)C1=O. The number of hydrogen-bond acceptors (Lipinski definition) is 3. The molecule has 2 saturated heterocycles. The standard InChI is InChI=1S/C10H18N2O2/c1-11-5-2-3-9(10(11)14)12-6-4-8(13)7-12/h8-9,13H,2-7H2,1H3. The van der Waals surface area contributed by atoms with Crippen molar-refractivity contribution in [2.45, 2.75) is 31.4 Å². The molecule has 0 aromatic heterocycles. The summed E-state index contributed by atoms with van der Waals surface area (Å²) < 4.78 is 0. The molecular formula is C10H18N2O2. The van der Waals surface area contributed by atoms with Gasteiger partial charge in [-0.05, 0) is 19.3 Å². The normalized spacial score (nSPS) is 35.3. The van der Waals surface area contributed by atoms with Crippen molar-refractivity contribution in [1.29, 1.82) is 0 Å². The summed E-state index contributed by atoms with van der Waals surface area (Å²) in [5.41, 5.74) is 0. The predicted octanol–water partition coefficient (Wildman–Crippen LogP) is -0.326. The maximum absolute atomic E-state index is 11.8. The van der Waals surface area contributed by atoms with Crippen molar-refractivity contribution in [1.82, 2.24) is 9.80 Å². The van der Waals surface area contributed by atoms with E-state index in [9.17, 15) is 9.90 Å². The molecule has 1 N–H and O–H groups in total. The van der Waals surface area contributed by atoms with Crippen LogP contribution in [0.4, 0.5) is 0 Å². The zero-order valence-electron chi connectivity index (χ0n) is 8.65. The summed E-state index contributed by atoms with van der Waals surface area (Å²) in [5.74, 6) is 0.227. The van der Waals surface area contributed by atoms with Crippen LogP contribution in [0, 0.1) is 0 Å². The Bertz CT molecular complexity index is 232. The Hall–Kier alpha value is -0.610. The molecule has 0 aromatic carbocycles. The van der Waals surface area contributed by atoms with E-state index in [1.54, 1.807) is 4.90 Å². The van der Waals surface area contributed by atoms with E-state index >= 15 is 0 Å². The summed E-state index contributed by atoms with van der Waals surface area (Å²) in [4.78, 5) is 15.8. The van der Waals surface area contributed by atoms with Gasteiger partial charge in [-0.25, -0.2) is 0 Å². The third-order valence-electron chi connectivity index (χ3n) is 3.27. The molecule has 14 heavy (non-hydrogen) atoms. The van der Waals surface area contributed by atoms with Gasteiger partial charge in [0.25, 0.3) is 0 Å². The first-order chi connectivity index (χ1) is 6.68. The Labute approximate surface area is 84.5 Å². The summed E-state index contributed by atoms with van der Waals surface area (Å²) in [6, 6.07) is 0.0332. The Kier molecular flexibility index (Phi) is 2.74. The van der Waals surface area contributed by atoms with Crippen molar-refractivity contribution in [3.63, 3.8) is 0 Å². The van der Waals surface area contributed by atoms with Crippen LogP contribution < -0.4 is 0 Å². The highest BCUT2D eigenvalue weighted by molar-refractivity contribution is 5.82. The highest BCUT2D eigenvalue weighted by atomic mass is 16.3. The van der Waals surface area contributed by atoms with Gasteiger partial charge in [0, 0.05) is 26.7 Å². The summed E-state index contributed by atoms with van der Waals surface area (Å²) >= 11 is 0. The maximum Gasteiger partial charge on any atom is 0.239 e. The van der Waals surface area contributed by atoms with Gasteiger partial charge in [-0.1, -0.05) is 0 Å². The Morgan fingerprint density at radius 3 is 2.79 bits per heavy atom. The lowest BCUT2D eigenvalue weighted by Gasteiger charge is -2.34. The van der Waals surface area contributed by atoms with Gasteiger partial charge in [-0.3, -0.25) is 9.69 Å². The summed E-state index contributed by atoms with van der Waals surface area (Å²) in [6.07, 6.45) is 2.62. The molecule has 2 atom stereocenters. The predicted molar refractivity (Wildman–Crippen MR) is 52.9 cm³/mol. The second-order valence-corrected chi connectivity index (χ2v) is 4.36. The van der Waals surface area contributed by atoms with Gasteiger partial charge in [0.2, 0.25) is 5.91 Å². The molecule has 1 amide bonds. The van der Waals surface area contributed by atoms with Gasteiger partial charge < -0.3 is 10.0 Å². The number of aliphatic hydroxyl groups excluding tert-OH is 1. The van der Waals surface area contributed by atoms with E-state index < -0.39 is 0 Å².